The van der Waals surface area contributed by atoms with Crippen LogP contribution in [0.15, 0.2) is 84.4 Å². The molecule has 3 aromatic carbocycles. The fourth-order valence-electron chi connectivity index (χ4n) is 2.93. The average Bonchev–Trinajstić information content (AvgIpc) is 3.05. The van der Waals surface area contributed by atoms with Crippen LogP contribution in [0.1, 0.15) is 15.9 Å². The van der Waals surface area contributed by atoms with Gasteiger partial charge in [0.15, 0.2) is 0 Å². The van der Waals surface area contributed by atoms with Gasteiger partial charge >= 0.3 is 5.97 Å². The monoisotopic (exact) mass is 418 g/mol. The molecular weight excluding hydrogens is 404 g/mol. The normalized spacial score (nSPS) is 14.7. The highest BCUT2D eigenvalue weighted by Gasteiger charge is 2.34. The Kier molecular flexibility index (Phi) is 5.32. The predicted octanol–water partition coefficient (Wildman–Crippen LogP) is 4.02. The Morgan fingerprint density at radius 2 is 1.60 bits per heavy atom. The van der Waals surface area contributed by atoms with Gasteiger partial charge in [0.05, 0.1) is 11.3 Å². The molecule has 0 atom stereocenters. The number of anilines is 1. The zero-order valence-electron chi connectivity index (χ0n) is 15.5. The first-order chi connectivity index (χ1) is 14.5. The first-order valence-corrected chi connectivity index (χ1v) is 9.40. The van der Waals surface area contributed by atoms with Crippen LogP contribution in [0.5, 0.6) is 5.75 Å². The van der Waals surface area contributed by atoms with Crippen molar-refractivity contribution in [2.75, 3.05) is 5.01 Å². The number of nitrogens with zero attached hydrogens (tertiary/aromatic N) is 1. The summed E-state index contributed by atoms with van der Waals surface area (Å²) >= 11 is 6.09. The third-order valence-electron chi connectivity index (χ3n) is 4.39. The van der Waals surface area contributed by atoms with Gasteiger partial charge in [0, 0.05) is 10.6 Å². The van der Waals surface area contributed by atoms with E-state index < -0.39 is 17.8 Å². The molecule has 3 aromatic rings. The number of nitrogens with one attached hydrogen (secondary N) is 1. The molecule has 30 heavy (non-hydrogen) atoms. The van der Waals surface area contributed by atoms with Gasteiger partial charge in [-0.2, -0.15) is 0 Å². The van der Waals surface area contributed by atoms with Crippen LogP contribution in [0.4, 0.5) is 5.69 Å². The summed E-state index contributed by atoms with van der Waals surface area (Å²) < 4.78 is 5.48. The topological polar surface area (TPSA) is 75.7 Å². The van der Waals surface area contributed by atoms with Crippen LogP contribution in [0.25, 0.3) is 6.08 Å². The van der Waals surface area contributed by atoms with E-state index in [1.54, 1.807) is 60.7 Å². The van der Waals surface area contributed by atoms with Gasteiger partial charge in [-0.05, 0) is 48.5 Å². The number of rotatable bonds is 4. The van der Waals surface area contributed by atoms with E-state index in [9.17, 15) is 14.4 Å². The second kappa shape index (κ2) is 8.23. The summed E-state index contributed by atoms with van der Waals surface area (Å²) in [5.74, 6) is -1.47. The van der Waals surface area contributed by atoms with Crippen molar-refractivity contribution in [1.29, 1.82) is 0 Å². The molecule has 148 valence electrons. The van der Waals surface area contributed by atoms with Crippen LogP contribution < -0.4 is 15.2 Å². The molecule has 6 nitrogen and oxygen atoms in total. The van der Waals surface area contributed by atoms with Crippen molar-refractivity contribution < 1.29 is 19.1 Å². The van der Waals surface area contributed by atoms with Crippen molar-refractivity contribution >= 4 is 41.1 Å². The average molecular weight is 419 g/mol. The Balaban J connectivity index is 1.66. The Bertz CT molecular complexity index is 1160. The largest absolute Gasteiger partial charge is 0.422 e. The molecule has 0 spiro atoms. The molecule has 2 amide bonds. The van der Waals surface area contributed by atoms with Crippen LogP contribution in [0, 0.1) is 0 Å². The van der Waals surface area contributed by atoms with E-state index in [1.807, 2.05) is 6.07 Å². The third-order valence-corrected chi connectivity index (χ3v) is 4.62. The zero-order valence-corrected chi connectivity index (χ0v) is 16.3. The number of amides is 2. The van der Waals surface area contributed by atoms with E-state index in [4.69, 9.17) is 16.3 Å². The van der Waals surface area contributed by atoms with E-state index >= 15 is 0 Å². The Hall–Kier alpha value is -3.90. The minimum atomic E-state index is -0.566. The molecule has 4 rings (SSSR count). The minimum Gasteiger partial charge on any atom is -0.422 e. The molecule has 0 saturated carbocycles. The lowest BCUT2D eigenvalue weighted by Gasteiger charge is -2.14. The number of para-hydroxylation sites is 1. The molecule has 1 heterocycles. The van der Waals surface area contributed by atoms with Gasteiger partial charge in [0.2, 0.25) is 0 Å². The van der Waals surface area contributed by atoms with Crippen LogP contribution >= 0.6 is 11.6 Å². The lowest BCUT2D eigenvalue weighted by Crippen LogP contribution is -2.35. The molecule has 7 heteroatoms. The molecule has 0 unspecified atom stereocenters. The summed E-state index contributed by atoms with van der Waals surface area (Å²) in [4.78, 5) is 37.6. The van der Waals surface area contributed by atoms with Crippen molar-refractivity contribution in [2.45, 2.75) is 0 Å². The Morgan fingerprint density at radius 1 is 0.933 bits per heavy atom. The molecule has 0 aromatic heterocycles. The van der Waals surface area contributed by atoms with Crippen LogP contribution in [-0.2, 0) is 9.59 Å². The maximum atomic E-state index is 12.8. The third kappa shape index (κ3) is 3.94. The molecule has 1 aliphatic rings. The van der Waals surface area contributed by atoms with Crippen molar-refractivity contribution in [2.24, 2.45) is 0 Å². The zero-order chi connectivity index (χ0) is 21.1. The van der Waals surface area contributed by atoms with Crippen molar-refractivity contribution in [1.82, 2.24) is 5.43 Å². The quantitative estimate of drug-likeness (QED) is 0.300. The summed E-state index contributed by atoms with van der Waals surface area (Å²) in [6.45, 7) is 0. The summed E-state index contributed by atoms with van der Waals surface area (Å²) in [5, 5.41) is 1.53. The fraction of sp³-hybridized carbons (Fsp3) is 0. The highest BCUT2D eigenvalue weighted by molar-refractivity contribution is 6.32. The molecular formula is C23H15ClN2O4. The van der Waals surface area contributed by atoms with E-state index in [-0.39, 0.29) is 11.3 Å². The first kappa shape index (κ1) is 19.4. The van der Waals surface area contributed by atoms with Gasteiger partial charge in [0.1, 0.15) is 11.3 Å². The Labute approximate surface area is 177 Å². The number of esters is 1. The maximum Gasteiger partial charge on any atom is 0.343 e. The number of carbonyl (C=O) groups is 3. The number of carbonyl (C=O) groups excluding carboxylic acids is 3. The second-order valence-corrected chi connectivity index (χ2v) is 6.85. The summed E-state index contributed by atoms with van der Waals surface area (Å²) in [7, 11) is 0. The van der Waals surface area contributed by atoms with E-state index in [0.29, 0.717) is 21.8 Å². The molecule has 1 aliphatic heterocycles. The van der Waals surface area contributed by atoms with Crippen molar-refractivity contribution in [3.05, 3.63) is 101 Å². The van der Waals surface area contributed by atoms with E-state index in [2.05, 4.69) is 5.43 Å². The highest BCUT2D eigenvalue weighted by atomic mass is 35.5. The van der Waals surface area contributed by atoms with Crippen molar-refractivity contribution in [3.8, 4) is 5.75 Å². The number of benzene rings is 3. The summed E-state index contributed by atoms with van der Waals surface area (Å²) in [6, 6.07) is 21.8. The van der Waals surface area contributed by atoms with E-state index in [0.717, 1.165) is 5.01 Å². The standard InChI is InChI=1S/C23H15ClN2O4/c24-17-11-12-20(30-23(29)15-7-3-1-4-8-15)16(13-17)14-19-21(27)25-26(22(19)28)18-9-5-2-6-10-18/h1-14H,(H,25,27)/b19-14-. The first-order valence-electron chi connectivity index (χ1n) is 9.02. The van der Waals surface area contributed by atoms with Crippen molar-refractivity contribution in [3.63, 3.8) is 0 Å². The van der Waals surface area contributed by atoms with Crippen LogP contribution in [0.2, 0.25) is 5.02 Å². The molecule has 0 bridgehead atoms. The number of hydrogen-bond donors (Lipinski definition) is 1. The minimum absolute atomic E-state index is 0.0990. The van der Waals surface area contributed by atoms with E-state index in [1.165, 1.54) is 18.2 Å². The van der Waals surface area contributed by atoms with Gasteiger partial charge in [-0.3, -0.25) is 15.0 Å². The summed E-state index contributed by atoms with van der Waals surface area (Å²) in [6.07, 6.45) is 1.36. The van der Waals surface area contributed by atoms with Crippen LogP contribution in [0.3, 0.4) is 0 Å². The highest BCUT2D eigenvalue weighted by Crippen LogP contribution is 2.28. The predicted molar refractivity (Wildman–Crippen MR) is 113 cm³/mol. The second-order valence-electron chi connectivity index (χ2n) is 6.41. The number of halogens is 1. The van der Waals surface area contributed by atoms with Gasteiger partial charge in [-0.15, -0.1) is 0 Å². The molecule has 0 aliphatic carbocycles. The van der Waals surface area contributed by atoms with Crippen LogP contribution in [-0.4, -0.2) is 17.8 Å². The SMILES string of the molecule is O=C1NN(c2ccccc2)C(=O)/C1=C\c1cc(Cl)ccc1OC(=O)c1ccccc1. The fourth-order valence-corrected chi connectivity index (χ4v) is 3.11. The lowest BCUT2D eigenvalue weighted by molar-refractivity contribution is -0.117. The van der Waals surface area contributed by atoms with Gasteiger partial charge < -0.3 is 4.74 Å². The number of ether oxygens (including phenoxy) is 1. The molecule has 1 fully saturated rings. The van der Waals surface area contributed by atoms with Gasteiger partial charge in [0.25, 0.3) is 11.8 Å². The molecule has 1 saturated heterocycles. The lowest BCUT2D eigenvalue weighted by atomic mass is 10.1. The van der Waals surface area contributed by atoms with Gasteiger partial charge in [-0.1, -0.05) is 48.0 Å². The number of hydrazine groups is 1. The summed E-state index contributed by atoms with van der Waals surface area (Å²) in [5.41, 5.74) is 3.66. The Morgan fingerprint density at radius 3 is 2.30 bits per heavy atom. The molecule has 1 N–H and O–H groups in total. The smallest absolute Gasteiger partial charge is 0.343 e. The van der Waals surface area contributed by atoms with Gasteiger partial charge in [-0.25, -0.2) is 9.80 Å². The number of hydrogen-bond acceptors (Lipinski definition) is 4. The maximum absolute atomic E-state index is 12.8. The molecule has 0 radical (unpaired) electrons.